The van der Waals surface area contributed by atoms with Crippen LogP contribution in [0.5, 0.6) is 0 Å². The Morgan fingerprint density at radius 2 is 2.08 bits per heavy atom. The van der Waals surface area contributed by atoms with E-state index in [1.54, 1.807) is 6.08 Å². The van der Waals surface area contributed by atoms with Gasteiger partial charge < -0.3 is 0 Å². The molecule has 0 aliphatic heterocycles. The van der Waals surface area contributed by atoms with Gasteiger partial charge >= 0.3 is 0 Å². The van der Waals surface area contributed by atoms with Crippen molar-refractivity contribution in [2.75, 3.05) is 0 Å². The summed E-state index contributed by atoms with van der Waals surface area (Å²) < 4.78 is 0. The topological polar surface area (TPSA) is 23.8 Å². The van der Waals surface area contributed by atoms with Gasteiger partial charge in [0.1, 0.15) is 0 Å². The van der Waals surface area contributed by atoms with E-state index in [2.05, 4.69) is 13.0 Å². The van der Waals surface area contributed by atoms with Crippen molar-refractivity contribution in [3.05, 3.63) is 11.6 Å². The Morgan fingerprint density at radius 3 is 2.69 bits per heavy atom. The lowest BCUT2D eigenvalue weighted by molar-refractivity contribution is 0.339. The van der Waals surface area contributed by atoms with Crippen molar-refractivity contribution in [1.82, 2.24) is 0 Å². The highest BCUT2D eigenvalue weighted by Gasteiger charge is 2.12. The zero-order valence-corrected chi connectivity index (χ0v) is 8.55. The molecule has 1 rings (SSSR count). The van der Waals surface area contributed by atoms with Crippen LogP contribution < -0.4 is 0 Å². The monoisotopic (exact) mass is 177 g/mol. The van der Waals surface area contributed by atoms with Gasteiger partial charge in [-0.3, -0.25) is 0 Å². The fourth-order valence-electron chi connectivity index (χ4n) is 2.09. The second kappa shape index (κ2) is 5.80. The molecule has 0 saturated heterocycles. The predicted molar refractivity (Wildman–Crippen MR) is 55.2 cm³/mol. The summed E-state index contributed by atoms with van der Waals surface area (Å²) >= 11 is 0. The van der Waals surface area contributed by atoms with E-state index < -0.39 is 0 Å². The second-order valence-electron chi connectivity index (χ2n) is 4.16. The molecule has 0 spiro atoms. The van der Waals surface area contributed by atoms with E-state index in [0.717, 1.165) is 12.3 Å². The van der Waals surface area contributed by atoms with Crippen molar-refractivity contribution in [3.63, 3.8) is 0 Å². The van der Waals surface area contributed by atoms with Gasteiger partial charge in [-0.05, 0) is 25.7 Å². The van der Waals surface area contributed by atoms with Gasteiger partial charge in [0, 0.05) is 6.08 Å². The minimum Gasteiger partial charge on any atom is -0.193 e. The minimum absolute atomic E-state index is 0.941. The molecule has 0 unspecified atom stereocenters. The molecule has 0 radical (unpaired) electrons. The van der Waals surface area contributed by atoms with Crippen molar-refractivity contribution in [1.29, 1.82) is 5.26 Å². The maximum Gasteiger partial charge on any atom is 0.0911 e. The molecular formula is C12H19N. The molecule has 0 atom stereocenters. The molecule has 1 aliphatic rings. The molecule has 1 nitrogen and oxygen atoms in total. The highest BCUT2D eigenvalue weighted by Crippen LogP contribution is 2.28. The van der Waals surface area contributed by atoms with Gasteiger partial charge in [-0.15, -0.1) is 0 Å². The van der Waals surface area contributed by atoms with E-state index >= 15 is 0 Å². The highest BCUT2D eigenvalue weighted by molar-refractivity contribution is 5.10. The smallest absolute Gasteiger partial charge is 0.0911 e. The van der Waals surface area contributed by atoms with E-state index in [0.29, 0.717) is 0 Å². The largest absolute Gasteiger partial charge is 0.193 e. The number of nitrogens with zero attached hydrogens (tertiary/aromatic N) is 1. The van der Waals surface area contributed by atoms with Crippen LogP contribution in [-0.4, -0.2) is 0 Å². The number of rotatable bonds is 3. The highest BCUT2D eigenvalue weighted by atomic mass is 14.2. The zero-order valence-electron chi connectivity index (χ0n) is 8.55. The SMILES string of the molecule is C/C(=C/C#N)CCC1CCCCC1. The maximum atomic E-state index is 8.45. The summed E-state index contributed by atoms with van der Waals surface area (Å²) in [6.45, 7) is 2.06. The molecule has 0 aromatic rings. The Kier molecular flexibility index (Phi) is 4.60. The summed E-state index contributed by atoms with van der Waals surface area (Å²) in [6, 6.07) is 2.09. The average Bonchev–Trinajstić information content (AvgIpc) is 2.17. The van der Waals surface area contributed by atoms with Gasteiger partial charge in [-0.25, -0.2) is 0 Å². The first-order chi connectivity index (χ1) is 6.33. The van der Waals surface area contributed by atoms with E-state index in [1.807, 2.05) is 0 Å². The molecule has 1 aliphatic carbocycles. The van der Waals surface area contributed by atoms with Crippen LogP contribution in [-0.2, 0) is 0 Å². The maximum absolute atomic E-state index is 8.45. The molecule has 0 bridgehead atoms. The fraction of sp³-hybridized carbons (Fsp3) is 0.750. The first kappa shape index (κ1) is 10.3. The van der Waals surface area contributed by atoms with Crippen molar-refractivity contribution in [2.24, 2.45) is 5.92 Å². The first-order valence-corrected chi connectivity index (χ1v) is 5.38. The van der Waals surface area contributed by atoms with E-state index in [-0.39, 0.29) is 0 Å². The summed E-state index contributed by atoms with van der Waals surface area (Å²) in [5.41, 5.74) is 1.24. The van der Waals surface area contributed by atoms with Crippen LogP contribution in [0.2, 0.25) is 0 Å². The number of nitriles is 1. The Hall–Kier alpha value is -0.770. The Labute approximate surface area is 81.5 Å². The zero-order chi connectivity index (χ0) is 9.52. The molecule has 1 saturated carbocycles. The quantitative estimate of drug-likeness (QED) is 0.601. The van der Waals surface area contributed by atoms with Crippen LogP contribution in [0, 0.1) is 17.2 Å². The molecule has 0 aromatic heterocycles. The summed E-state index contributed by atoms with van der Waals surface area (Å²) in [5.74, 6) is 0.941. The van der Waals surface area contributed by atoms with Crippen LogP contribution in [0.1, 0.15) is 51.9 Å². The molecule has 1 fully saturated rings. The number of allylic oxidation sites excluding steroid dienone is 2. The van der Waals surface area contributed by atoms with Crippen LogP contribution in [0.3, 0.4) is 0 Å². The van der Waals surface area contributed by atoms with Gasteiger partial charge in [-0.2, -0.15) is 5.26 Å². The fourth-order valence-corrected chi connectivity index (χ4v) is 2.09. The normalized spacial score (nSPS) is 19.8. The van der Waals surface area contributed by atoms with Gasteiger partial charge in [-0.1, -0.05) is 37.7 Å². The van der Waals surface area contributed by atoms with Crippen molar-refractivity contribution in [3.8, 4) is 6.07 Å². The lowest BCUT2D eigenvalue weighted by Gasteiger charge is -2.21. The summed E-state index contributed by atoms with van der Waals surface area (Å²) in [6.07, 6.45) is 11.2. The lowest BCUT2D eigenvalue weighted by atomic mass is 9.85. The summed E-state index contributed by atoms with van der Waals surface area (Å²) in [7, 11) is 0. The van der Waals surface area contributed by atoms with Gasteiger partial charge in [0.05, 0.1) is 6.07 Å². The third-order valence-corrected chi connectivity index (χ3v) is 2.98. The average molecular weight is 177 g/mol. The molecule has 72 valence electrons. The lowest BCUT2D eigenvalue weighted by Crippen LogP contribution is -2.05. The van der Waals surface area contributed by atoms with Crippen molar-refractivity contribution in [2.45, 2.75) is 51.9 Å². The third kappa shape index (κ3) is 4.12. The van der Waals surface area contributed by atoms with E-state index in [4.69, 9.17) is 5.26 Å². The second-order valence-corrected chi connectivity index (χ2v) is 4.16. The molecular weight excluding hydrogens is 158 g/mol. The Balaban J connectivity index is 2.18. The third-order valence-electron chi connectivity index (χ3n) is 2.98. The predicted octanol–water partition coefficient (Wildman–Crippen LogP) is 3.82. The van der Waals surface area contributed by atoms with Crippen LogP contribution in [0.4, 0.5) is 0 Å². The van der Waals surface area contributed by atoms with Crippen molar-refractivity contribution >= 4 is 0 Å². The molecule has 0 N–H and O–H groups in total. The number of hydrogen-bond donors (Lipinski definition) is 0. The molecule has 0 aromatic carbocycles. The van der Waals surface area contributed by atoms with E-state index in [1.165, 1.54) is 44.1 Å². The van der Waals surface area contributed by atoms with Crippen LogP contribution >= 0.6 is 0 Å². The Bertz CT molecular complexity index is 204. The van der Waals surface area contributed by atoms with Crippen LogP contribution in [0.25, 0.3) is 0 Å². The molecule has 0 heterocycles. The van der Waals surface area contributed by atoms with Crippen molar-refractivity contribution < 1.29 is 0 Å². The van der Waals surface area contributed by atoms with Crippen LogP contribution in [0.15, 0.2) is 11.6 Å². The first-order valence-electron chi connectivity index (χ1n) is 5.38. The minimum atomic E-state index is 0.941. The van der Waals surface area contributed by atoms with Gasteiger partial charge in [0.15, 0.2) is 0 Å². The van der Waals surface area contributed by atoms with Gasteiger partial charge in [0.2, 0.25) is 0 Å². The summed E-state index contributed by atoms with van der Waals surface area (Å²) in [4.78, 5) is 0. The molecule has 1 heteroatoms. The molecule has 0 amide bonds. The number of hydrogen-bond acceptors (Lipinski definition) is 1. The molecule has 13 heavy (non-hydrogen) atoms. The Morgan fingerprint density at radius 1 is 1.38 bits per heavy atom. The van der Waals surface area contributed by atoms with Gasteiger partial charge in [0.25, 0.3) is 0 Å². The van der Waals surface area contributed by atoms with E-state index in [9.17, 15) is 0 Å². The summed E-state index contributed by atoms with van der Waals surface area (Å²) in [5, 5.41) is 8.45. The standard InChI is InChI=1S/C12H19N/c1-11(9-10-13)7-8-12-5-3-2-4-6-12/h9,12H,2-8H2,1H3/b11-9-.